The Bertz CT molecular complexity index is 1290. The lowest BCUT2D eigenvalue weighted by Crippen LogP contribution is -2.43. The summed E-state index contributed by atoms with van der Waals surface area (Å²) in [6, 6.07) is 26.8. The highest BCUT2D eigenvalue weighted by molar-refractivity contribution is 5.85. The van der Waals surface area contributed by atoms with Crippen LogP contribution in [0, 0.1) is 0 Å². The van der Waals surface area contributed by atoms with Gasteiger partial charge in [0.05, 0.1) is 5.69 Å². The molecule has 3 aromatic carbocycles. The molecule has 2 aliphatic heterocycles. The summed E-state index contributed by atoms with van der Waals surface area (Å²) in [5.41, 5.74) is 5.04. The van der Waals surface area contributed by atoms with Crippen molar-refractivity contribution < 1.29 is 9.84 Å². The highest BCUT2D eigenvalue weighted by Crippen LogP contribution is 2.53. The predicted molar refractivity (Wildman–Crippen MR) is 135 cm³/mol. The van der Waals surface area contributed by atoms with E-state index in [-0.39, 0.29) is 11.8 Å². The maximum absolute atomic E-state index is 11.2. The number of benzene rings is 3. The van der Waals surface area contributed by atoms with Gasteiger partial charge in [0.15, 0.2) is 11.5 Å². The number of phenolic OH excluding ortho intramolecular Hbond substituents is 1. The summed E-state index contributed by atoms with van der Waals surface area (Å²) in [6.07, 6.45) is 5.56. The molecule has 1 aromatic heterocycles. The van der Waals surface area contributed by atoms with Gasteiger partial charge in [-0.3, -0.25) is 9.88 Å². The summed E-state index contributed by atoms with van der Waals surface area (Å²) < 4.78 is 6.31. The average molecular weight is 450 g/mol. The number of aromatic nitrogens is 1. The van der Waals surface area contributed by atoms with Crippen LogP contribution in [-0.2, 0) is 6.54 Å². The van der Waals surface area contributed by atoms with Crippen LogP contribution in [0.15, 0.2) is 91.3 Å². The van der Waals surface area contributed by atoms with Gasteiger partial charge >= 0.3 is 0 Å². The lowest BCUT2D eigenvalue weighted by atomic mass is 9.97. The van der Waals surface area contributed by atoms with E-state index >= 15 is 0 Å². The Labute approximate surface area is 199 Å². The average Bonchev–Trinajstić information content (AvgIpc) is 2.89. The van der Waals surface area contributed by atoms with Crippen LogP contribution in [-0.4, -0.2) is 34.1 Å². The number of hydrogen-bond donors (Lipinski definition) is 1. The van der Waals surface area contributed by atoms with E-state index in [1.807, 2.05) is 42.5 Å². The van der Waals surface area contributed by atoms with Gasteiger partial charge < -0.3 is 14.7 Å². The molecule has 1 saturated heterocycles. The van der Waals surface area contributed by atoms with Crippen molar-refractivity contribution in [3.05, 3.63) is 96.8 Å². The minimum Gasteiger partial charge on any atom is -0.506 e. The molecule has 3 heterocycles. The molecule has 4 aromatic rings. The molecular formula is C29H27N3O2. The molecule has 170 valence electrons. The number of nitrogens with zero attached hydrogens (tertiary/aromatic N) is 3. The van der Waals surface area contributed by atoms with Gasteiger partial charge in [-0.2, -0.15) is 0 Å². The van der Waals surface area contributed by atoms with Crippen molar-refractivity contribution in [3.8, 4) is 28.4 Å². The molecule has 34 heavy (non-hydrogen) atoms. The smallest absolute Gasteiger partial charge is 0.155 e. The van der Waals surface area contributed by atoms with Crippen LogP contribution in [0.3, 0.4) is 0 Å². The summed E-state index contributed by atoms with van der Waals surface area (Å²) in [6.45, 7) is 3.01. The Balaban J connectivity index is 1.31. The van der Waals surface area contributed by atoms with E-state index in [0.717, 1.165) is 60.7 Å². The number of pyridine rings is 1. The highest BCUT2D eigenvalue weighted by Gasteiger charge is 2.34. The molecule has 0 radical (unpaired) electrons. The van der Waals surface area contributed by atoms with Crippen molar-refractivity contribution in [1.29, 1.82) is 0 Å². The molecule has 0 amide bonds. The van der Waals surface area contributed by atoms with E-state index in [9.17, 15) is 5.11 Å². The fraction of sp³-hybridized carbons (Fsp3) is 0.207. The van der Waals surface area contributed by atoms with Gasteiger partial charge in [0.2, 0.25) is 0 Å². The van der Waals surface area contributed by atoms with Crippen LogP contribution in [0.4, 0.5) is 11.4 Å². The molecule has 0 aliphatic carbocycles. The number of para-hydroxylation sites is 2. The van der Waals surface area contributed by atoms with Gasteiger partial charge in [0.1, 0.15) is 11.4 Å². The van der Waals surface area contributed by atoms with E-state index in [0.29, 0.717) is 5.75 Å². The molecule has 2 aliphatic rings. The van der Waals surface area contributed by atoms with Gasteiger partial charge in [0, 0.05) is 38.1 Å². The molecule has 5 heteroatoms. The van der Waals surface area contributed by atoms with Gasteiger partial charge in [0.25, 0.3) is 0 Å². The molecule has 5 nitrogen and oxygen atoms in total. The number of aromatic hydroxyl groups is 1. The van der Waals surface area contributed by atoms with Gasteiger partial charge in [-0.1, -0.05) is 42.5 Å². The van der Waals surface area contributed by atoms with Crippen LogP contribution < -0.4 is 9.64 Å². The summed E-state index contributed by atoms with van der Waals surface area (Å²) in [7, 11) is 0. The van der Waals surface area contributed by atoms with Gasteiger partial charge in [-0.05, 0) is 65.9 Å². The first-order valence-electron chi connectivity index (χ1n) is 11.9. The van der Waals surface area contributed by atoms with Crippen LogP contribution in [0.2, 0.25) is 0 Å². The second-order valence-electron chi connectivity index (χ2n) is 9.01. The number of fused-ring (bicyclic) bond motifs is 2. The van der Waals surface area contributed by atoms with Crippen LogP contribution in [0.5, 0.6) is 17.2 Å². The van der Waals surface area contributed by atoms with Crippen LogP contribution >= 0.6 is 0 Å². The Morgan fingerprint density at radius 2 is 1.56 bits per heavy atom. The van der Waals surface area contributed by atoms with E-state index in [1.165, 1.54) is 5.56 Å². The number of anilines is 2. The standard InChI is InChI=1S/C29H27N3O2/c33-26-18-23(22-10-14-30-15-11-22)19-28-29(26)32(25-8-4-5-9-27(25)34-28)24-12-16-31(17-13-24)20-21-6-2-1-3-7-21/h1-11,14-15,18-19,24,33H,12-13,16-17,20H2. The zero-order valence-corrected chi connectivity index (χ0v) is 19.0. The predicted octanol–water partition coefficient (Wildman–Crippen LogP) is 6.36. The molecular weight excluding hydrogens is 422 g/mol. The van der Waals surface area contributed by atoms with E-state index in [1.54, 1.807) is 12.4 Å². The number of piperidine rings is 1. The lowest BCUT2D eigenvalue weighted by molar-refractivity contribution is 0.204. The van der Waals surface area contributed by atoms with E-state index < -0.39 is 0 Å². The molecule has 0 unspecified atom stereocenters. The van der Waals surface area contributed by atoms with Crippen LogP contribution in [0.25, 0.3) is 11.1 Å². The van der Waals surface area contributed by atoms with Crippen LogP contribution in [0.1, 0.15) is 18.4 Å². The number of hydrogen-bond acceptors (Lipinski definition) is 5. The Hall–Kier alpha value is -3.83. The first kappa shape index (κ1) is 20.8. The SMILES string of the molecule is Oc1cc(-c2ccncc2)cc2c1N(C1CCN(Cc3ccccc3)CC1)c1ccccc1O2. The third-order valence-corrected chi connectivity index (χ3v) is 6.83. The Kier molecular flexibility index (Phi) is 5.40. The molecule has 1 N–H and O–H groups in total. The monoisotopic (exact) mass is 449 g/mol. The third-order valence-electron chi connectivity index (χ3n) is 6.83. The van der Waals surface area contributed by atoms with Gasteiger partial charge in [-0.25, -0.2) is 0 Å². The first-order valence-corrected chi connectivity index (χ1v) is 11.9. The van der Waals surface area contributed by atoms with Crippen molar-refractivity contribution in [3.63, 3.8) is 0 Å². The third kappa shape index (κ3) is 3.88. The summed E-state index contributed by atoms with van der Waals surface area (Å²) in [5, 5.41) is 11.2. The maximum atomic E-state index is 11.2. The topological polar surface area (TPSA) is 48.8 Å². The molecule has 0 bridgehead atoms. The molecule has 0 saturated carbocycles. The highest BCUT2D eigenvalue weighted by atomic mass is 16.5. The summed E-state index contributed by atoms with van der Waals surface area (Å²) >= 11 is 0. The zero-order chi connectivity index (χ0) is 22.9. The van der Waals surface area contributed by atoms with Crippen molar-refractivity contribution in [2.45, 2.75) is 25.4 Å². The fourth-order valence-corrected chi connectivity index (χ4v) is 5.16. The Morgan fingerprint density at radius 1 is 0.824 bits per heavy atom. The maximum Gasteiger partial charge on any atom is 0.155 e. The number of likely N-dealkylation sites (tertiary alicyclic amines) is 1. The van der Waals surface area contributed by atoms with Crippen molar-refractivity contribution in [1.82, 2.24) is 9.88 Å². The number of phenols is 1. The van der Waals surface area contributed by atoms with E-state index in [4.69, 9.17) is 4.74 Å². The number of ether oxygens (including phenoxy) is 1. The fourth-order valence-electron chi connectivity index (χ4n) is 5.16. The Morgan fingerprint density at radius 3 is 2.35 bits per heavy atom. The first-order chi connectivity index (χ1) is 16.8. The normalized spacial score (nSPS) is 15.9. The largest absolute Gasteiger partial charge is 0.506 e. The molecule has 0 atom stereocenters. The molecule has 6 rings (SSSR count). The summed E-state index contributed by atoms with van der Waals surface area (Å²) in [4.78, 5) is 8.93. The molecule has 0 spiro atoms. The van der Waals surface area contributed by atoms with Crippen molar-refractivity contribution in [2.75, 3.05) is 18.0 Å². The summed E-state index contributed by atoms with van der Waals surface area (Å²) in [5.74, 6) is 1.76. The molecule has 1 fully saturated rings. The minimum atomic E-state index is 0.241. The zero-order valence-electron chi connectivity index (χ0n) is 19.0. The van der Waals surface area contributed by atoms with Gasteiger partial charge in [-0.15, -0.1) is 0 Å². The second kappa shape index (κ2) is 8.84. The number of rotatable bonds is 4. The minimum absolute atomic E-state index is 0.241. The quantitative estimate of drug-likeness (QED) is 0.393. The second-order valence-corrected chi connectivity index (χ2v) is 9.01. The van der Waals surface area contributed by atoms with E-state index in [2.05, 4.69) is 51.2 Å². The van der Waals surface area contributed by atoms with Crippen molar-refractivity contribution >= 4 is 11.4 Å². The lowest BCUT2D eigenvalue weighted by Gasteiger charge is -2.42. The van der Waals surface area contributed by atoms with Crippen molar-refractivity contribution in [2.24, 2.45) is 0 Å².